The van der Waals surface area contributed by atoms with Crippen molar-refractivity contribution < 1.29 is 0 Å². The fourth-order valence-electron chi connectivity index (χ4n) is 1.84. The van der Waals surface area contributed by atoms with Crippen LogP contribution in [0.2, 0.25) is 0 Å². The molecule has 1 aliphatic rings. The molecule has 4 heteroatoms. The quantitative estimate of drug-likeness (QED) is 0.759. The smallest absolute Gasteiger partial charge is 0.0328 e. The topological polar surface area (TPSA) is 3.24 Å². The lowest BCUT2D eigenvalue weighted by molar-refractivity contribution is 0.324. The largest absolute Gasteiger partial charge is 0.298 e. The molecule has 1 saturated heterocycles. The molecule has 1 aliphatic heterocycles. The van der Waals surface area contributed by atoms with Crippen LogP contribution in [-0.4, -0.2) is 23.3 Å². The maximum Gasteiger partial charge on any atom is 0.0328 e. The lowest BCUT2D eigenvalue weighted by Crippen LogP contribution is -2.19. The minimum absolute atomic E-state index is 0.860. The summed E-state index contributed by atoms with van der Waals surface area (Å²) in [6, 6.07) is 2.23. The molecule has 0 bridgehead atoms. The van der Waals surface area contributed by atoms with E-state index < -0.39 is 0 Å². The molecule has 2 heterocycles. The maximum absolute atomic E-state index is 3.56. The molecule has 14 heavy (non-hydrogen) atoms. The normalized spacial score (nSPS) is 23.1. The van der Waals surface area contributed by atoms with Gasteiger partial charge in [-0.15, -0.1) is 11.3 Å². The van der Waals surface area contributed by atoms with E-state index in [1.807, 2.05) is 11.3 Å². The van der Waals surface area contributed by atoms with Crippen molar-refractivity contribution in [3.05, 3.63) is 20.8 Å². The van der Waals surface area contributed by atoms with Crippen LogP contribution in [0.5, 0.6) is 0 Å². The lowest BCUT2D eigenvalue weighted by atomic mass is 10.2. The summed E-state index contributed by atoms with van der Waals surface area (Å²) in [5, 5.41) is 3.31. The summed E-state index contributed by atoms with van der Waals surface area (Å²) in [6.07, 6.45) is 1.35. The van der Waals surface area contributed by atoms with Crippen LogP contribution in [0.25, 0.3) is 0 Å². The van der Waals surface area contributed by atoms with Crippen LogP contribution in [0.1, 0.15) is 11.3 Å². The molecule has 78 valence electrons. The minimum Gasteiger partial charge on any atom is -0.298 e. The second-order valence-corrected chi connectivity index (χ2v) is 6.33. The summed E-state index contributed by atoms with van der Waals surface area (Å²) < 4.78 is 1.22. The third-order valence-electron chi connectivity index (χ3n) is 2.59. The van der Waals surface area contributed by atoms with Gasteiger partial charge in [-0.3, -0.25) is 4.90 Å². The third kappa shape index (κ3) is 2.81. The maximum atomic E-state index is 3.56. The molecule has 0 radical (unpaired) electrons. The summed E-state index contributed by atoms with van der Waals surface area (Å²) in [5.74, 6) is 0.860. The van der Waals surface area contributed by atoms with Crippen LogP contribution in [0.4, 0.5) is 0 Å². The molecule has 0 saturated carbocycles. The van der Waals surface area contributed by atoms with E-state index in [9.17, 15) is 0 Å². The zero-order valence-electron chi connectivity index (χ0n) is 7.88. The predicted molar refractivity (Wildman–Crippen MR) is 69.2 cm³/mol. The number of halogens is 2. The fourth-order valence-corrected chi connectivity index (χ4v) is 3.86. The van der Waals surface area contributed by atoms with Crippen molar-refractivity contribution in [2.75, 3.05) is 18.4 Å². The van der Waals surface area contributed by atoms with Gasteiger partial charge in [-0.25, -0.2) is 0 Å². The Kier molecular flexibility index (Phi) is 4.05. The molecule has 1 aromatic heterocycles. The van der Waals surface area contributed by atoms with Crippen molar-refractivity contribution in [3.8, 4) is 0 Å². The SMILES string of the molecule is BrCC1CCN(Cc2cc(Br)cs2)C1. The van der Waals surface area contributed by atoms with Crippen molar-refractivity contribution in [1.82, 2.24) is 4.90 Å². The number of likely N-dealkylation sites (tertiary alicyclic amines) is 1. The van der Waals surface area contributed by atoms with Gasteiger partial charge in [0.2, 0.25) is 0 Å². The monoisotopic (exact) mass is 337 g/mol. The molecule has 1 unspecified atom stereocenters. The molecular weight excluding hydrogens is 326 g/mol. The average Bonchev–Trinajstić information content (AvgIpc) is 2.76. The van der Waals surface area contributed by atoms with Crippen LogP contribution in [-0.2, 0) is 6.54 Å². The van der Waals surface area contributed by atoms with E-state index in [4.69, 9.17) is 0 Å². The van der Waals surface area contributed by atoms with E-state index in [1.165, 1.54) is 28.9 Å². The molecule has 0 amide bonds. The summed E-state index contributed by atoms with van der Waals surface area (Å²) in [4.78, 5) is 4.01. The minimum atomic E-state index is 0.860. The van der Waals surface area contributed by atoms with Gasteiger partial charge >= 0.3 is 0 Å². The van der Waals surface area contributed by atoms with E-state index in [0.717, 1.165) is 17.8 Å². The van der Waals surface area contributed by atoms with Crippen LogP contribution < -0.4 is 0 Å². The third-order valence-corrected chi connectivity index (χ3v) is 5.19. The van der Waals surface area contributed by atoms with Crippen LogP contribution in [0.3, 0.4) is 0 Å². The van der Waals surface area contributed by atoms with E-state index in [1.54, 1.807) is 0 Å². The summed E-state index contributed by atoms with van der Waals surface area (Å²) in [7, 11) is 0. The highest BCUT2D eigenvalue weighted by Gasteiger charge is 2.21. The van der Waals surface area contributed by atoms with Gasteiger partial charge in [0.1, 0.15) is 0 Å². The summed E-state index contributed by atoms with van der Waals surface area (Å²) in [5.41, 5.74) is 0. The van der Waals surface area contributed by atoms with Gasteiger partial charge in [0.05, 0.1) is 0 Å². The number of nitrogens with zero attached hydrogens (tertiary/aromatic N) is 1. The molecule has 2 rings (SSSR count). The first-order chi connectivity index (χ1) is 6.78. The first kappa shape index (κ1) is 11.1. The molecular formula is C10H13Br2NS. The number of rotatable bonds is 3. The summed E-state index contributed by atoms with van der Waals surface area (Å²) >= 11 is 8.90. The number of hydrogen-bond donors (Lipinski definition) is 0. The van der Waals surface area contributed by atoms with Crippen molar-refractivity contribution in [3.63, 3.8) is 0 Å². The Morgan fingerprint density at radius 2 is 2.43 bits per heavy atom. The van der Waals surface area contributed by atoms with Gasteiger partial charge in [0.25, 0.3) is 0 Å². The van der Waals surface area contributed by atoms with E-state index in [0.29, 0.717) is 0 Å². The average molecular weight is 339 g/mol. The second kappa shape index (κ2) is 5.10. The Balaban J connectivity index is 1.87. The Bertz CT molecular complexity index is 300. The molecule has 0 aromatic carbocycles. The molecule has 1 nitrogen and oxygen atoms in total. The second-order valence-electron chi connectivity index (χ2n) is 3.78. The van der Waals surface area contributed by atoms with Crippen molar-refractivity contribution >= 4 is 43.2 Å². The predicted octanol–water partition coefficient (Wildman–Crippen LogP) is 3.73. The molecule has 1 fully saturated rings. The highest BCUT2D eigenvalue weighted by Crippen LogP contribution is 2.24. The highest BCUT2D eigenvalue weighted by atomic mass is 79.9. The van der Waals surface area contributed by atoms with Crippen LogP contribution >= 0.6 is 43.2 Å². The molecule has 1 atom stereocenters. The van der Waals surface area contributed by atoms with Gasteiger partial charge < -0.3 is 0 Å². The van der Waals surface area contributed by atoms with E-state index in [-0.39, 0.29) is 0 Å². The molecule has 0 aliphatic carbocycles. The van der Waals surface area contributed by atoms with Crippen LogP contribution in [0, 0.1) is 5.92 Å². The Hall–Kier alpha value is 0.620. The Morgan fingerprint density at radius 1 is 1.57 bits per heavy atom. The van der Waals surface area contributed by atoms with Crippen molar-refractivity contribution in [1.29, 1.82) is 0 Å². The van der Waals surface area contributed by atoms with Crippen LogP contribution in [0.15, 0.2) is 15.9 Å². The number of thiophene rings is 1. The van der Waals surface area contributed by atoms with E-state index in [2.05, 4.69) is 48.2 Å². The van der Waals surface area contributed by atoms with Gasteiger partial charge in [-0.05, 0) is 40.9 Å². The molecule has 0 spiro atoms. The van der Waals surface area contributed by atoms with Crippen molar-refractivity contribution in [2.45, 2.75) is 13.0 Å². The Labute approximate surface area is 106 Å². The van der Waals surface area contributed by atoms with Gasteiger partial charge in [-0.1, -0.05) is 15.9 Å². The zero-order chi connectivity index (χ0) is 9.97. The first-order valence-electron chi connectivity index (χ1n) is 4.79. The van der Waals surface area contributed by atoms with E-state index >= 15 is 0 Å². The van der Waals surface area contributed by atoms with Gasteiger partial charge in [0.15, 0.2) is 0 Å². The van der Waals surface area contributed by atoms with Gasteiger partial charge in [-0.2, -0.15) is 0 Å². The number of hydrogen-bond acceptors (Lipinski definition) is 2. The Morgan fingerprint density at radius 3 is 3.00 bits per heavy atom. The zero-order valence-corrected chi connectivity index (χ0v) is 11.9. The highest BCUT2D eigenvalue weighted by molar-refractivity contribution is 9.10. The summed E-state index contributed by atoms with van der Waals surface area (Å²) in [6.45, 7) is 3.63. The molecule has 1 aromatic rings. The van der Waals surface area contributed by atoms with Crippen molar-refractivity contribution in [2.24, 2.45) is 5.92 Å². The lowest BCUT2D eigenvalue weighted by Gasteiger charge is -2.13. The first-order valence-corrected chi connectivity index (χ1v) is 7.58. The fraction of sp³-hybridized carbons (Fsp3) is 0.600. The van der Waals surface area contributed by atoms with Gasteiger partial charge in [0, 0.05) is 33.1 Å². The molecule has 0 N–H and O–H groups in total. The number of alkyl halides is 1. The standard InChI is InChI=1S/C10H13Br2NS/c11-4-8-1-2-13(5-8)6-10-3-9(12)7-14-10/h3,7-8H,1-2,4-6H2.